The maximum atomic E-state index is 2.31. The van der Waals surface area contributed by atoms with Gasteiger partial charge in [0.15, 0.2) is 0 Å². The summed E-state index contributed by atoms with van der Waals surface area (Å²) in [4.78, 5) is 0. The van der Waals surface area contributed by atoms with Gasteiger partial charge in [-0.2, -0.15) is 0 Å². The normalized spacial score (nSPS) is 12.8. The Labute approximate surface area is 385 Å². The van der Waals surface area contributed by atoms with E-state index in [1.165, 1.54) is 85.6 Å². The van der Waals surface area contributed by atoms with Gasteiger partial charge in [-0.15, -0.1) is 0 Å². The Kier molecular flexibility index (Phi) is 31.3. The first-order valence-corrected chi connectivity index (χ1v) is 24.9. The van der Waals surface area contributed by atoms with Gasteiger partial charge in [0, 0.05) is 0 Å². The number of hydrogen-bond acceptors (Lipinski definition) is 0. The molecule has 5 aromatic rings. The lowest BCUT2D eigenvalue weighted by Crippen LogP contribution is -2.02. The topological polar surface area (TPSA) is 0 Å². The fraction of sp³-hybridized carbons (Fsp3) is 0.516. The molecular weight excluding hydrogens is 745 g/mol. The van der Waals surface area contributed by atoms with Crippen LogP contribution in [0.25, 0.3) is 0 Å². The van der Waals surface area contributed by atoms with Crippen molar-refractivity contribution in [2.75, 3.05) is 0 Å². The number of aryl methyl sites for hydroxylation is 1. The first-order chi connectivity index (χ1) is 29.7. The van der Waals surface area contributed by atoms with Crippen LogP contribution < -0.4 is 0 Å². The summed E-state index contributed by atoms with van der Waals surface area (Å²) >= 11 is 0. The van der Waals surface area contributed by atoms with Gasteiger partial charge in [-0.05, 0) is 132 Å². The average Bonchev–Trinajstić information content (AvgIpc) is 3.26. The van der Waals surface area contributed by atoms with Crippen LogP contribution in [0.5, 0.6) is 0 Å². The molecule has 0 aliphatic carbocycles. The van der Waals surface area contributed by atoms with Gasteiger partial charge in [0.1, 0.15) is 0 Å². The molecule has 0 fully saturated rings. The zero-order chi connectivity index (χ0) is 46.1. The van der Waals surface area contributed by atoms with Crippen molar-refractivity contribution >= 4 is 0 Å². The zero-order valence-electron chi connectivity index (χ0n) is 42.5. The van der Waals surface area contributed by atoms with Crippen LogP contribution in [0.15, 0.2) is 152 Å². The molecule has 0 aromatic heterocycles. The van der Waals surface area contributed by atoms with E-state index in [1.54, 1.807) is 0 Å². The molecule has 0 bridgehead atoms. The predicted molar refractivity (Wildman–Crippen MR) is 281 cm³/mol. The van der Waals surface area contributed by atoms with Crippen LogP contribution in [-0.4, -0.2) is 0 Å². The Morgan fingerprint density at radius 1 is 0.306 bits per heavy atom. The van der Waals surface area contributed by atoms with Crippen molar-refractivity contribution in [3.8, 4) is 0 Å². The maximum absolute atomic E-state index is 2.31. The van der Waals surface area contributed by atoms with Crippen LogP contribution in [0.1, 0.15) is 200 Å². The van der Waals surface area contributed by atoms with E-state index >= 15 is 0 Å². The second kappa shape index (κ2) is 34.6. The van der Waals surface area contributed by atoms with Crippen molar-refractivity contribution in [3.05, 3.63) is 179 Å². The second-order valence-corrected chi connectivity index (χ2v) is 20.0. The van der Waals surface area contributed by atoms with Crippen LogP contribution in [0, 0.1) is 29.6 Å². The van der Waals surface area contributed by atoms with Gasteiger partial charge < -0.3 is 0 Å². The van der Waals surface area contributed by atoms with Crippen molar-refractivity contribution in [1.29, 1.82) is 0 Å². The Morgan fingerprint density at radius 3 is 0.919 bits per heavy atom. The highest BCUT2D eigenvalue weighted by atomic mass is 14.2. The third-order valence-corrected chi connectivity index (χ3v) is 11.4. The van der Waals surface area contributed by atoms with E-state index in [0.29, 0.717) is 11.8 Å². The molecule has 4 atom stereocenters. The monoisotopic (exact) mass is 839 g/mol. The molecule has 62 heavy (non-hydrogen) atoms. The first-order valence-electron chi connectivity index (χ1n) is 24.9. The van der Waals surface area contributed by atoms with Gasteiger partial charge in [-0.1, -0.05) is 255 Å². The lowest BCUT2D eigenvalue weighted by molar-refractivity contribution is 0.472. The quantitative estimate of drug-likeness (QED) is 0.0825. The number of hydrogen-bond donors (Lipinski definition) is 0. The van der Waals surface area contributed by atoms with Gasteiger partial charge in [0.25, 0.3) is 0 Å². The molecule has 0 nitrogen and oxygen atoms in total. The summed E-state index contributed by atoms with van der Waals surface area (Å²) in [7, 11) is 0. The molecule has 0 aliphatic rings. The van der Waals surface area contributed by atoms with E-state index < -0.39 is 0 Å². The van der Waals surface area contributed by atoms with Gasteiger partial charge in [0.05, 0.1) is 0 Å². The van der Waals surface area contributed by atoms with Crippen molar-refractivity contribution in [1.82, 2.24) is 0 Å². The standard InChI is InChI=1S/C14H22.C13H20.2C12H18.C11H16/c1-4-8-14(11-12(2)3)13-9-6-5-7-10-13;1-4-12(10-11(2)3)13-8-6-5-7-9-13;2*1-10(2)9-11(3)12-7-5-4-6-8-12;1-10(2)8-9-11-6-4-3-5-7-11/h5-7,9-10,12,14H,4,8,11H2,1-3H3;5-9,11-12H,4,10H2,1-3H3;2*4-8,10-11H,9H2,1-3H3;3-7,10H,8-9H2,1-2H3/t14-;12-;2*11-;/m1110./s1. The summed E-state index contributed by atoms with van der Waals surface area (Å²) in [5.41, 5.74) is 7.40. The highest BCUT2D eigenvalue weighted by molar-refractivity contribution is 5.21. The summed E-state index contributed by atoms with van der Waals surface area (Å²) in [6.07, 6.45) is 11.6. The van der Waals surface area contributed by atoms with Gasteiger partial charge in [-0.3, -0.25) is 0 Å². The molecule has 5 aromatic carbocycles. The number of rotatable bonds is 18. The summed E-state index contributed by atoms with van der Waals surface area (Å²) in [6, 6.07) is 53.9. The van der Waals surface area contributed by atoms with Crippen LogP contribution in [0.2, 0.25) is 0 Å². The highest BCUT2D eigenvalue weighted by Crippen LogP contribution is 2.29. The van der Waals surface area contributed by atoms with Crippen LogP contribution in [0.3, 0.4) is 0 Å². The third kappa shape index (κ3) is 27.9. The smallest absolute Gasteiger partial charge is 0.0160 e. The Hall–Kier alpha value is -3.90. The minimum Gasteiger partial charge on any atom is -0.0654 e. The molecule has 0 amide bonds. The fourth-order valence-corrected chi connectivity index (χ4v) is 8.25. The SMILES string of the molecule is CC(C)CCc1ccccc1.CC(C)C[C@@H](C)c1ccccc1.CC(C)C[C@H](C)c1ccccc1.CCC[C@H](CC(C)C)c1ccccc1.CC[C@H](CC(C)C)c1ccccc1. The molecule has 0 saturated carbocycles. The van der Waals surface area contributed by atoms with E-state index in [0.717, 1.165) is 41.4 Å². The van der Waals surface area contributed by atoms with E-state index in [1.807, 2.05) is 0 Å². The lowest BCUT2D eigenvalue weighted by atomic mass is 9.87. The van der Waals surface area contributed by atoms with Crippen molar-refractivity contribution in [3.63, 3.8) is 0 Å². The first kappa shape index (κ1) is 56.1. The van der Waals surface area contributed by atoms with Crippen LogP contribution >= 0.6 is 0 Å². The van der Waals surface area contributed by atoms with Crippen LogP contribution in [0.4, 0.5) is 0 Å². The molecule has 0 heteroatoms. The molecular formula is C62H94. The van der Waals surface area contributed by atoms with E-state index in [-0.39, 0.29) is 0 Å². The largest absolute Gasteiger partial charge is 0.0654 e. The van der Waals surface area contributed by atoms with E-state index in [9.17, 15) is 0 Å². The molecule has 0 N–H and O–H groups in total. The average molecular weight is 839 g/mol. The molecule has 5 rings (SSSR count). The minimum atomic E-state index is 0.700. The lowest BCUT2D eigenvalue weighted by Gasteiger charge is -2.18. The number of benzene rings is 5. The van der Waals surface area contributed by atoms with Gasteiger partial charge >= 0.3 is 0 Å². The Bertz CT molecular complexity index is 1620. The summed E-state index contributed by atoms with van der Waals surface area (Å²) in [5.74, 6) is 6.91. The van der Waals surface area contributed by atoms with E-state index in [4.69, 9.17) is 0 Å². The van der Waals surface area contributed by atoms with Crippen molar-refractivity contribution < 1.29 is 0 Å². The fourth-order valence-electron chi connectivity index (χ4n) is 8.25. The predicted octanol–water partition coefficient (Wildman–Crippen LogP) is 19.8. The Balaban J connectivity index is 0.000000388. The van der Waals surface area contributed by atoms with Crippen molar-refractivity contribution in [2.45, 2.75) is 178 Å². The molecule has 0 radical (unpaired) electrons. The molecule has 0 aliphatic heterocycles. The Morgan fingerprint density at radius 2 is 0.613 bits per heavy atom. The highest BCUT2D eigenvalue weighted by Gasteiger charge is 2.12. The van der Waals surface area contributed by atoms with Crippen molar-refractivity contribution in [2.24, 2.45) is 29.6 Å². The maximum Gasteiger partial charge on any atom is -0.0160 e. The second-order valence-electron chi connectivity index (χ2n) is 20.0. The van der Waals surface area contributed by atoms with Gasteiger partial charge in [-0.25, -0.2) is 0 Å². The molecule has 0 unspecified atom stereocenters. The molecule has 0 spiro atoms. The molecule has 0 saturated heterocycles. The van der Waals surface area contributed by atoms with Crippen LogP contribution in [-0.2, 0) is 6.42 Å². The molecule has 342 valence electrons. The summed E-state index contributed by atoms with van der Waals surface area (Å²) < 4.78 is 0. The summed E-state index contributed by atoms with van der Waals surface area (Å²) in [6.45, 7) is 32.0. The third-order valence-electron chi connectivity index (χ3n) is 11.4. The van der Waals surface area contributed by atoms with Gasteiger partial charge in [0.2, 0.25) is 0 Å². The molecule has 0 heterocycles. The minimum absolute atomic E-state index is 0.700. The van der Waals surface area contributed by atoms with E-state index in [2.05, 4.69) is 249 Å². The zero-order valence-corrected chi connectivity index (χ0v) is 42.5. The summed E-state index contributed by atoms with van der Waals surface area (Å²) in [5, 5.41) is 0.